The van der Waals surface area contributed by atoms with E-state index in [-0.39, 0.29) is 10.7 Å². The molecule has 1 aromatic carbocycles. The highest BCUT2D eigenvalue weighted by atomic mass is 127. The maximum atomic E-state index is 11.9. The second-order valence-corrected chi connectivity index (χ2v) is 5.31. The normalized spacial score (nSPS) is 10.3. The van der Waals surface area contributed by atoms with Crippen LogP contribution in [0, 0.1) is 3.57 Å². The van der Waals surface area contributed by atoms with E-state index in [4.69, 9.17) is 21.1 Å². The monoisotopic (exact) mass is 406 g/mol. The second-order valence-electron chi connectivity index (χ2n) is 3.87. The topological polar surface area (TPSA) is 53.4 Å². The summed E-state index contributed by atoms with van der Waals surface area (Å²) >= 11 is 7.65. The van der Waals surface area contributed by atoms with E-state index in [2.05, 4.69) is 4.98 Å². The minimum atomic E-state index is -0.163. The number of methoxy groups -OCH3 is 1. The Labute approximate surface area is 134 Å². The number of aromatic nitrogens is 2. The number of nitrogens with zero attached hydrogens (tertiary/aromatic N) is 2. The van der Waals surface area contributed by atoms with Crippen LogP contribution in [0.25, 0.3) is 0 Å². The summed E-state index contributed by atoms with van der Waals surface area (Å²) in [5.74, 6) is 1.49. The van der Waals surface area contributed by atoms with Crippen molar-refractivity contribution in [3.8, 4) is 11.5 Å². The minimum absolute atomic E-state index is 0.163. The first-order valence-corrected chi connectivity index (χ1v) is 7.25. The lowest BCUT2D eigenvalue weighted by molar-refractivity contribution is 0.295. The highest BCUT2D eigenvalue weighted by Crippen LogP contribution is 2.16. The molecule has 0 unspecified atom stereocenters. The van der Waals surface area contributed by atoms with Gasteiger partial charge in [0.25, 0.3) is 5.56 Å². The van der Waals surface area contributed by atoms with Gasteiger partial charge in [-0.2, -0.15) is 0 Å². The zero-order valence-corrected chi connectivity index (χ0v) is 13.6. The van der Waals surface area contributed by atoms with Crippen LogP contribution in [0.15, 0.2) is 35.4 Å². The molecule has 2 aromatic rings. The molecule has 20 heavy (non-hydrogen) atoms. The second kappa shape index (κ2) is 6.94. The molecule has 0 N–H and O–H groups in total. The molecule has 0 aliphatic rings. The van der Waals surface area contributed by atoms with Crippen LogP contribution in [0.1, 0.15) is 0 Å². The molecule has 106 valence electrons. The molecule has 0 fully saturated rings. The lowest BCUT2D eigenvalue weighted by Crippen LogP contribution is -2.25. The van der Waals surface area contributed by atoms with E-state index in [0.717, 1.165) is 11.5 Å². The van der Waals surface area contributed by atoms with Gasteiger partial charge in [-0.1, -0.05) is 11.6 Å². The van der Waals surface area contributed by atoms with Crippen LogP contribution in [0.2, 0.25) is 5.15 Å². The number of benzene rings is 1. The Kier molecular flexibility index (Phi) is 5.24. The Bertz CT molecular complexity index is 643. The van der Waals surface area contributed by atoms with Gasteiger partial charge in [-0.25, -0.2) is 4.98 Å². The maximum absolute atomic E-state index is 11.9. The molecule has 0 saturated heterocycles. The first-order valence-electron chi connectivity index (χ1n) is 5.79. The number of ether oxygens (including phenoxy) is 2. The van der Waals surface area contributed by atoms with E-state index in [1.54, 1.807) is 7.11 Å². The fraction of sp³-hybridized carbons (Fsp3) is 0.231. The molecular formula is C13H12ClIN2O3. The number of hydrogen-bond acceptors (Lipinski definition) is 4. The zero-order chi connectivity index (χ0) is 14.5. The molecule has 0 radical (unpaired) electrons. The largest absolute Gasteiger partial charge is 0.497 e. The van der Waals surface area contributed by atoms with Gasteiger partial charge in [0.15, 0.2) is 0 Å². The van der Waals surface area contributed by atoms with Crippen LogP contribution in [0.4, 0.5) is 0 Å². The van der Waals surface area contributed by atoms with E-state index in [1.807, 2.05) is 46.9 Å². The van der Waals surface area contributed by atoms with Crippen LogP contribution < -0.4 is 15.0 Å². The summed E-state index contributed by atoms with van der Waals surface area (Å²) in [6.07, 6.45) is 1.42. The standard InChI is InChI=1S/C13H12ClIN2O3/c1-19-9-2-4-10(5-3-9)20-7-6-17-8-16-12(14)11(15)13(17)18/h2-5,8H,6-7H2,1H3. The minimum Gasteiger partial charge on any atom is -0.497 e. The molecular weight excluding hydrogens is 395 g/mol. The molecule has 0 aliphatic heterocycles. The Morgan fingerprint density at radius 1 is 1.30 bits per heavy atom. The van der Waals surface area contributed by atoms with Crippen LogP contribution in [-0.4, -0.2) is 23.3 Å². The fourth-order valence-electron chi connectivity index (χ4n) is 1.54. The number of halogens is 2. The summed E-state index contributed by atoms with van der Waals surface area (Å²) in [6, 6.07) is 7.25. The average Bonchev–Trinajstić information content (AvgIpc) is 2.48. The van der Waals surface area contributed by atoms with Crippen LogP contribution >= 0.6 is 34.2 Å². The van der Waals surface area contributed by atoms with Gasteiger partial charge in [0.1, 0.15) is 26.8 Å². The van der Waals surface area contributed by atoms with Crippen LogP contribution in [0.5, 0.6) is 11.5 Å². The van der Waals surface area contributed by atoms with E-state index in [0.29, 0.717) is 16.7 Å². The van der Waals surface area contributed by atoms with Crippen LogP contribution in [-0.2, 0) is 6.54 Å². The zero-order valence-electron chi connectivity index (χ0n) is 10.7. The molecule has 0 aliphatic carbocycles. The van der Waals surface area contributed by atoms with Crippen molar-refractivity contribution in [2.75, 3.05) is 13.7 Å². The molecule has 0 spiro atoms. The molecule has 0 saturated carbocycles. The van der Waals surface area contributed by atoms with Gasteiger partial charge in [-0.15, -0.1) is 0 Å². The summed E-state index contributed by atoms with van der Waals surface area (Å²) in [4.78, 5) is 15.8. The quantitative estimate of drug-likeness (QED) is 0.566. The summed E-state index contributed by atoms with van der Waals surface area (Å²) < 4.78 is 12.5. The Balaban J connectivity index is 1.96. The van der Waals surface area contributed by atoms with Crippen molar-refractivity contribution in [1.82, 2.24) is 9.55 Å². The predicted octanol–water partition coefficient (Wildman–Crippen LogP) is 2.59. The van der Waals surface area contributed by atoms with E-state index < -0.39 is 0 Å². The Morgan fingerprint density at radius 2 is 1.95 bits per heavy atom. The summed E-state index contributed by atoms with van der Waals surface area (Å²) in [5, 5.41) is 0.225. The van der Waals surface area contributed by atoms with Crippen molar-refractivity contribution in [2.24, 2.45) is 0 Å². The number of rotatable bonds is 5. The average molecular weight is 407 g/mol. The van der Waals surface area contributed by atoms with Gasteiger partial charge >= 0.3 is 0 Å². The lowest BCUT2D eigenvalue weighted by Gasteiger charge is -2.09. The van der Waals surface area contributed by atoms with Crippen LogP contribution in [0.3, 0.4) is 0 Å². The fourth-order valence-corrected chi connectivity index (χ4v) is 2.11. The molecule has 1 heterocycles. The summed E-state index contributed by atoms with van der Waals surface area (Å²) in [5.41, 5.74) is -0.163. The van der Waals surface area contributed by atoms with Crippen molar-refractivity contribution in [3.63, 3.8) is 0 Å². The SMILES string of the molecule is COc1ccc(OCCn2cnc(Cl)c(I)c2=O)cc1. The smallest absolute Gasteiger partial charge is 0.268 e. The van der Waals surface area contributed by atoms with E-state index in [1.165, 1.54) is 10.9 Å². The summed E-state index contributed by atoms with van der Waals surface area (Å²) in [6.45, 7) is 0.774. The molecule has 0 bridgehead atoms. The van der Waals surface area contributed by atoms with E-state index >= 15 is 0 Å². The van der Waals surface area contributed by atoms with E-state index in [9.17, 15) is 4.79 Å². The van der Waals surface area contributed by atoms with Gasteiger partial charge < -0.3 is 9.47 Å². The van der Waals surface area contributed by atoms with Crippen molar-refractivity contribution in [1.29, 1.82) is 0 Å². The third-order valence-electron chi connectivity index (χ3n) is 2.60. The van der Waals surface area contributed by atoms with Gasteiger partial charge in [-0.3, -0.25) is 9.36 Å². The molecule has 0 amide bonds. The molecule has 5 nitrogen and oxygen atoms in total. The Morgan fingerprint density at radius 3 is 2.60 bits per heavy atom. The van der Waals surface area contributed by atoms with Crippen molar-refractivity contribution in [2.45, 2.75) is 6.54 Å². The van der Waals surface area contributed by atoms with Gasteiger partial charge in [0.2, 0.25) is 0 Å². The first-order chi connectivity index (χ1) is 9.61. The third kappa shape index (κ3) is 3.63. The van der Waals surface area contributed by atoms with Gasteiger partial charge in [0, 0.05) is 0 Å². The Hall–Kier alpha value is -1.28. The van der Waals surface area contributed by atoms with Crippen molar-refractivity contribution < 1.29 is 9.47 Å². The maximum Gasteiger partial charge on any atom is 0.268 e. The summed E-state index contributed by atoms with van der Waals surface area (Å²) in [7, 11) is 1.61. The molecule has 2 rings (SSSR count). The predicted molar refractivity (Wildman–Crippen MR) is 84.7 cm³/mol. The number of hydrogen-bond donors (Lipinski definition) is 0. The first kappa shape index (κ1) is 15.1. The lowest BCUT2D eigenvalue weighted by atomic mass is 10.3. The van der Waals surface area contributed by atoms with Crippen molar-refractivity contribution >= 4 is 34.2 Å². The van der Waals surface area contributed by atoms with Gasteiger partial charge in [-0.05, 0) is 46.9 Å². The highest BCUT2D eigenvalue weighted by molar-refractivity contribution is 14.1. The third-order valence-corrected chi connectivity index (χ3v) is 4.18. The highest BCUT2D eigenvalue weighted by Gasteiger charge is 2.06. The molecule has 0 atom stereocenters. The molecule has 7 heteroatoms. The molecule has 1 aromatic heterocycles. The van der Waals surface area contributed by atoms with Gasteiger partial charge in [0.05, 0.1) is 20.0 Å². The van der Waals surface area contributed by atoms with Crippen molar-refractivity contribution in [3.05, 3.63) is 49.7 Å².